The first-order valence-corrected chi connectivity index (χ1v) is 5.16. The average molecular weight is 295 g/mol. The van der Waals surface area contributed by atoms with E-state index >= 15 is 0 Å². The number of hydrogen-bond donors (Lipinski definition) is 2. The predicted molar refractivity (Wildman–Crippen MR) is 59.2 cm³/mol. The van der Waals surface area contributed by atoms with Crippen LogP contribution in [-0.4, -0.2) is 35.9 Å². The van der Waals surface area contributed by atoms with E-state index in [-0.39, 0.29) is 11.4 Å². The number of halogens is 4. The summed E-state index contributed by atoms with van der Waals surface area (Å²) in [4.78, 5) is 21.4. The number of aliphatic carboxylic acids is 1. The minimum atomic E-state index is -4.86. The molecule has 1 aromatic rings. The van der Waals surface area contributed by atoms with Crippen molar-refractivity contribution in [2.75, 3.05) is 11.9 Å². The second-order valence-corrected chi connectivity index (χ2v) is 3.56. The second kappa shape index (κ2) is 6.22. The topological polar surface area (TPSA) is 75.6 Å². The van der Waals surface area contributed by atoms with Gasteiger partial charge in [-0.15, -0.1) is 0 Å². The number of ether oxygens (including phenoxy) is 1. The van der Waals surface area contributed by atoms with E-state index in [0.29, 0.717) is 0 Å². The van der Waals surface area contributed by atoms with E-state index in [9.17, 15) is 27.2 Å². The van der Waals surface area contributed by atoms with E-state index in [1.807, 2.05) is 0 Å². The number of benzene rings is 1. The van der Waals surface area contributed by atoms with Crippen molar-refractivity contribution in [3.63, 3.8) is 0 Å². The minimum Gasteiger partial charge on any atom is -0.480 e. The Hall–Kier alpha value is -2.32. The Morgan fingerprint density at radius 1 is 1.30 bits per heavy atom. The fraction of sp³-hybridized carbons (Fsp3) is 0.273. The van der Waals surface area contributed by atoms with Crippen LogP contribution in [-0.2, 0) is 9.59 Å². The van der Waals surface area contributed by atoms with E-state index in [1.54, 1.807) is 5.32 Å². The lowest BCUT2D eigenvalue weighted by Crippen LogP contribution is -2.41. The van der Waals surface area contributed by atoms with Crippen LogP contribution < -0.4 is 10.1 Å². The van der Waals surface area contributed by atoms with Gasteiger partial charge >= 0.3 is 24.2 Å². The van der Waals surface area contributed by atoms with Crippen LogP contribution in [0.5, 0.6) is 5.75 Å². The quantitative estimate of drug-likeness (QED) is 0.787. The molecule has 5 nitrogen and oxygen atoms in total. The van der Waals surface area contributed by atoms with Gasteiger partial charge in [0.25, 0.3) is 0 Å². The van der Waals surface area contributed by atoms with Gasteiger partial charge in [0.15, 0.2) is 6.61 Å². The summed E-state index contributed by atoms with van der Waals surface area (Å²) in [7, 11) is 0. The number of carbonyl (C=O) groups is 2. The Kier molecular flexibility index (Phi) is 4.89. The lowest BCUT2D eigenvalue weighted by Gasteiger charge is -2.16. The third-order valence-corrected chi connectivity index (χ3v) is 2.06. The molecule has 0 heterocycles. The van der Waals surface area contributed by atoms with E-state index in [2.05, 4.69) is 0 Å². The first-order chi connectivity index (χ1) is 9.25. The first kappa shape index (κ1) is 15.7. The van der Waals surface area contributed by atoms with Gasteiger partial charge in [0.1, 0.15) is 5.75 Å². The summed E-state index contributed by atoms with van der Waals surface area (Å²) in [5, 5.41) is 9.99. The molecule has 0 aliphatic rings. The Labute approximate surface area is 110 Å². The van der Waals surface area contributed by atoms with Crippen molar-refractivity contribution in [3.8, 4) is 5.75 Å². The van der Waals surface area contributed by atoms with Gasteiger partial charge in [-0.1, -0.05) is 12.1 Å². The van der Waals surface area contributed by atoms with Gasteiger partial charge in [-0.3, -0.25) is 4.79 Å². The van der Waals surface area contributed by atoms with E-state index in [4.69, 9.17) is 9.84 Å². The van der Waals surface area contributed by atoms with Crippen molar-refractivity contribution in [2.45, 2.75) is 12.3 Å². The molecule has 0 saturated heterocycles. The van der Waals surface area contributed by atoms with Crippen molar-refractivity contribution in [2.24, 2.45) is 0 Å². The third-order valence-electron chi connectivity index (χ3n) is 2.06. The molecule has 0 saturated carbocycles. The Bertz CT molecular complexity index is 507. The zero-order chi connectivity index (χ0) is 15.3. The molecule has 9 heteroatoms. The summed E-state index contributed by atoms with van der Waals surface area (Å²) in [6.45, 7) is -0.780. The van der Waals surface area contributed by atoms with Crippen molar-refractivity contribution in [3.05, 3.63) is 24.3 Å². The number of carboxylic acids is 1. The largest absolute Gasteiger partial charge is 0.480 e. The maximum Gasteiger partial charge on any atom is 0.383 e. The highest BCUT2D eigenvalue weighted by atomic mass is 19.3. The maximum absolute atomic E-state index is 12.8. The minimum absolute atomic E-state index is 0.228. The predicted octanol–water partition coefficient (Wildman–Crippen LogP) is 1.99. The van der Waals surface area contributed by atoms with Crippen LogP contribution in [0.4, 0.5) is 23.2 Å². The number of nitrogens with one attached hydrogen (secondary N) is 1. The van der Waals surface area contributed by atoms with Crippen molar-refractivity contribution < 1.29 is 37.0 Å². The summed E-state index contributed by atoms with van der Waals surface area (Å²) in [6.07, 6.45) is -4.16. The van der Waals surface area contributed by atoms with E-state index in [1.165, 1.54) is 18.2 Å². The second-order valence-electron chi connectivity index (χ2n) is 3.56. The smallest absolute Gasteiger partial charge is 0.383 e. The SMILES string of the molecule is O=C(O)COc1ccccc1NC(=O)C(F)(F)C(F)F. The van der Waals surface area contributed by atoms with Gasteiger partial charge in [0.05, 0.1) is 5.69 Å². The summed E-state index contributed by atoms with van der Waals surface area (Å²) in [5.41, 5.74) is -0.334. The van der Waals surface area contributed by atoms with Crippen LogP contribution in [0, 0.1) is 0 Å². The van der Waals surface area contributed by atoms with Crippen LogP contribution in [0.2, 0.25) is 0 Å². The zero-order valence-corrected chi connectivity index (χ0v) is 9.78. The van der Waals surface area contributed by atoms with Crippen LogP contribution in [0.3, 0.4) is 0 Å². The van der Waals surface area contributed by atoms with E-state index in [0.717, 1.165) is 6.07 Å². The highest BCUT2D eigenvalue weighted by molar-refractivity contribution is 5.97. The number of rotatable bonds is 6. The molecule has 1 aromatic carbocycles. The number of para-hydroxylation sites is 2. The van der Waals surface area contributed by atoms with Crippen molar-refractivity contribution in [1.29, 1.82) is 0 Å². The van der Waals surface area contributed by atoms with Crippen LogP contribution >= 0.6 is 0 Å². The lowest BCUT2D eigenvalue weighted by atomic mass is 10.2. The molecular weight excluding hydrogens is 286 g/mol. The summed E-state index contributed by atoms with van der Waals surface area (Å²) in [5.74, 6) is -8.63. The van der Waals surface area contributed by atoms with Crippen molar-refractivity contribution in [1.82, 2.24) is 0 Å². The highest BCUT2D eigenvalue weighted by Crippen LogP contribution is 2.28. The number of carboxylic acid groups (broad SMARTS) is 1. The molecular formula is C11H9F4NO4. The lowest BCUT2D eigenvalue weighted by molar-refractivity contribution is -0.163. The molecule has 0 bridgehead atoms. The molecule has 0 aromatic heterocycles. The third kappa shape index (κ3) is 3.84. The number of anilines is 1. The molecule has 0 unspecified atom stereocenters. The Morgan fingerprint density at radius 3 is 2.45 bits per heavy atom. The molecule has 0 aliphatic heterocycles. The van der Waals surface area contributed by atoms with Crippen molar-refractivity contribution >= 4 is 17.6 Å². The fourth-order valence-electron chi connectivity index (χ4n) is 1.14. The maximum atomic E-state index is 12.8. The van der Waals surface area contributed by atoms with Crippen LogP contribution in [0.15, 0.2) is 24.3 Å². The van der Waals surface area contributed by atoms with Crippen LogP contribution in [0.25, 0.3) is 0 Å². The first-order valence-electron chi connectivity index (χ1n) is 5.16. The summed E-state index contributed by atoms with van der Waals surface area (Å²) < 4.78 is 54.3. The summed E-state index contributed by atoms with van der Waals surface area (Å²) >= 11 is 0. The molecule has 1 amide bonds. The van der Waals surface area contributed by atoms with E-state index < -0.39 is 30.8 Å². The molecule has 0 spiro atoms. The number of carbonyl (C=O) groups excluding carboxylic acids is 1. The van der Waals surface area contributed by atoms with Crippen LogP contribution in [0.1, 0.15) is 0 Å². The molecule has 0 fully saturated rings. The zero-order valence-electron chi connectivity index (χ0n) is 9.78. The van der Waals surface area contributed by atoms with Gasteiger partial charge in [0, 0.05) is 0 Å². The molecule has 0 atom stereocenters. The molecule has 20 heavy (non-hydrogen) atoms. The van der Waals surface area contributed by atoms with Gasteiger partial charge in [-0.2, -0.15) is 8.78 Å². The number of alkyl halides is 4. The normalized spacial score (nSPS) is 11.2. The Morgan fingerprint density at radius 2 is 1.90 bits per heavy atom. The summed E-state index contributed by atoms with van der Waals surface area (Å²) in [6, 6.07) is 5.01. The highest BCUT2D eigenvalue weighted by Gasteiger charge is 2.49. The number of hydrogen-bond acceptors (Lipinski definition) is 3. The Balaban J connectivity index is 2.87. The fourth-order valence-corrected chi connectivity index (χ4v) is 1.14. The van der Waals surface area contributed by atoms with Gasteiger partial charge in [-0.05, 0) is 12.1 Å². The molecule has 1 rings (SSSR count). The standard InChI is InChI=1S/C11H9F4NO4/c12-9(13)11(14,15)10(19)16-6-3-1-2-4-7(6)20-5-8(17)18/h1-4,9H,5H2,(H,16,19)(H,17,18). The number of amides is 1. The monoisotopic (exact) mass is 295 g/mol. The molecule has 0 aliphatic carbocycles. The average Bonchev–Trinajstić information content (AvgIpc) is 2.37. The van der Waals surface area contributed by atoms with Gasteiger partial charge in [-0.25, -0.2) is 13.6 Å². The molecule has 2 N–H and O–H groups in total. The molecule has 110 valence electrons. The molecule has 0 radical (unpaired) electrons. The van der Waals surface area contributed by atoms with Gasteiger partial charge in [0.2, 0.25) is 0 Å². The van der Waals surface area contributed by atoms with Gasteiger partial charge < -0.3 is 15.2 Å².